The van der Waals surface area contributed by atoms with Gasteiger partial charge in [0.2, 0.25) is 0 Å². The normalized spacial score (nSPS) is 13.5. The van der Waals surface area contributed by atoms with Crippen LogP contribution in [0.4, 0.5) is 0 Å². The molecule has 6 heteroatoms. The fraction of sp³-hybridized carbons (Fsp3) is 0.375. The van der Waals surface area contributed by atoms with E-state index in [1.54, 1.807) is 11.8 Å². The second kappa shape index (κ2) is 6.19. The summed E-state index contributed by atoms with van der Waals surface area (Å²) in [6.45, 7) is 1.56. The highest BCUT2D eigenvalue weighted by molar-refractivity contribution is 5.94. The topological polar surface area (TPSA) is 65.4 Å². The van der Waals surface area contributed by atoms with Gasteiger partial charge >= 0.3 is 0 Å². The van der Waals surface area contributed by atoms with E-state index in [1.807, 2.05) is 31.3 Å². The highest BCUT2D eigenvalue weighted by atomic mass is 16.5. The summed E-state index contributed by atoms with van der Waals surface area (Å²) in [6, 6.07) is 7.62. The smallest absolute Gasteiger partial charge is 0.272 e. The monoisotopic (exact) mass is 301 g/mol. The molecule has 2 heterocycles. The maximum atomic E-state index is 12.4. The molecule has 0 aliphatic carbocycles. The molecule has 0 bridgehead atoms. The second-order valence-electron chi connectivity index (χ2n) is 5.23. The summed E-state index contributed by atoms with van der Waals surface area (Å²) >= 11 is 0. The zero-order valence-corrected chi connectivity index (χ0v) is 12.8. The molecule has 3 rings (SSSR count). The molecule has 0 saturated carbocycles. The lowest BCUT2D eigenvalue weighted by Gasteiger charge is -2.13. The number of aromatic nitrogens is 2. The minimum Gasteiger partial charge on any atom is -0.497 e. The molecular formula is C16H19N3O3. The molecule has 0 atom stereocenters. The van der Waals surface area contributed by atoms with Crippen LogP contribution in [0.5, 0.6) is 5.75 Å². The van der Waals surface area contributed by atoms with Gasteiger partial charge in [-0.05, 0) is 17.7 Å². The summed E-state index contributed by atoms with van der Waals surface area (Å²) in [6.07, 6.45) is 0.794. The number of nitrogens with one attached hydrogen (secondary N) is 1. The van der Waals surface area contributed by atoms with Gasteiger partial charge in [0.15, 0.2) is 5.69 Å². The van der Waals surface area contributed by atoms with Crippen LogP contribution >= 0.6 is 0 Å². The van der Waals surface area contributed by atoms with Gasteiger partial charge in [0, 0.05) is 31.3 Å². The van der Waals surface area contributed by atoms with Crippen molar-refractivity contribution in [1.29, 1.82) is 0 Å². The molecule has 116 valence electrons. The Morgan fingerprint density at radius 1 is 1.50 bits per heavy atom. The van der Waals surface area contributed by atoms with E-state index in [4.69, 9.17) is 9.47 Å². The Morgan fingerprint density at radius 3 is 3.18 bits per heavy atom. The molecule has 0 spiro atoms. The number of ether oxygens (including phenoxy) is 2. The first-order chi connectivity index (χ1) is 10.7. The molecule has 1 aromatic heterocycles. The summed E-state index contributed by atoms with van der Waals surface area (Å²) in [5, 5.41) is 7.24. The van der Waals surface area contributed by atoms with Crippen molar-refractivity contribution in [1.82, 2.24) is 15.1 Å². The largest absolute Gasteiger partial charge is 0.497 e. The number of carbonyl (C=O) groups is 1. The van der Waals surface area contributed by atoms with E-state index in [-0.39, 0.29) is 5.91 Å². The Balaban J connectivity index is 1.72. The molecule has 0 unspecified atom stereocenters. The molecule has 0 saturated heterocycles. The van der Waals surface area contributed by atoms with Crippen LogP contribution in [0.2, 0.25) is 0 Å². The standard InChI is InChI=1S/C16H19N3O3/c1-19-14-6-7-22-10-13(14)15(18-19)16(20)17-9-11-4-3-5-12(8-11)21-2/h3-5,8H,6-7,9-10H2,1-2H3,(H,17,20). The van der Waals surface area contributed by atoms with Gasteiger partial charge in [-0.25, -0.2) is 0 Å². The summed E-state index contributed by atoms with van der Waals surface area (Å²) in [5.41, 5.74) is 3.42. The van der Waals surface area contributed by atoms with Crippen LogP contribution < -0.4 is 10.1 Å². The molecule has 1 aromatic carbocycles. The van der Waals surface area contributed by atoms with E-state index >= 15 is 0 Å². The van der Waals surface area contributed by atoms with Crippen molar-refractivity contribution in [3.05, 3.63) is 46.8 Å². The van der Waals surface area contributed by atoms with Gasteiger partial charge in [-0.3, -0.25) is 9.48 Å². The summed E-state index contributed by atoms with van der Waals surface area (Å²) in [4.78, 5) is 12.4. The van der Waals surface area contributed by atoms with Crippen LogP contribution in [0, 0.1) is 0 Å². The Morgan fingerprint density at radius 2 is 2.36 bits per heavy atom. The van der Waals surface area contributed by atoms with Crippen molar-refractivity contribution in [2.45, 2.75) is 19.6 Å². The summed E-state index contributed by atoms with van der Waals surface area (Å²) < 4.78 is 12.4. The fourth-order valence-electron chi connectivity index (χ4n) is 2.64. The van der Waals surface area contributed by atoms with E-state index in [1.165, 1.54) is 0 Å². The van der Waals surface area contributed by atoms with E-state index in [0.29, 0.717) is 25.5 Å². The number of carbonyl (C=O) groups excluding carboxylic acids is 1. The lowest BCUT2D eigenvalue weighted by atomic mass is 10.1. The number of fused-ring (bicyclic) bond motifs is 1. The first-order valence-corrected chi connectivity index (χ1v) is 7.22. The van der Waals surface area contributed by atoms with Gasteiger partial charge in [0.25, 0.3) is 5.91 Å². The molecule has 22 heavy (non-hydrogen) atoms. The molecule has 0 fully saturated rings. The SMILES string of the molecule is COc1cccc(CNC(=O)c2nn(C)c3c2COCC3)c1. The fourth-order valence-corrected chi connectivity index (χ4v) is 2.64. The van der Waals surface area contributed by atoms with E-state index in [0.717, 1.165) is 29.0 Å². The molecular weight excluding hydrogens is 282 g/mol. The number of rotatable bonds is 4. The molecule has 1 aliphatic rings. The van der Waals surface area contributed by atoms with Crippen molar-refractivity contribution in [2.75, 3.05) is 13.7 Å². The Bertz CT molecular complexity index is 694. The lowest BCUT2D eigenvalue weighted by Crippen LogP contribution is -2.25. The third kappa shape index (κ3) is 2.82. The van der Waals surface area contributed by atoms with Crippen molar-refractivity contribution >= 4 is 5.91 Å². The number of hydrogen-bond acceptors (Lipinski definition) is 4. The molecule has 6 nitrogen and oxygen atoms in total. The van der Waals surface area contributed by atoms with Crippen molar-refractivity contribution in [3.8, 4) is 5.75 Å². The maximum absolute atomic E-state index is 12.4. The predicted octanol–water partition coefficient (Wildman–Crippen LogP) is 1.43. The van der Waals surface area contributed by atoms with Crippen LogP contribution in [-0.2, 0) is 31.4 Å². The maximum Gasteiger partial charge on any atom is 0.272 e. The highest BCUT2D eigenvalue weighted by Gasteiger charge is 2.23. The van der Waals surface area contributed by atoms with Crippen molar-refractivity contribution in [2.24, 2.45) is 7.05 Å². The number of hydrogen-bond donors (Lipinski definition) is 1. The number of benzene rings is 1. The molecule has 0 radical (unpaired) electrons. The number of amides is 1. The Labute approximate surface area is 129 Å². The van der Waals surface area contributed by atoms with Crippen molar-refractivity contribution in [3.63, 3.8) is 0 Å². The average Bonchev–Trinajstić information content (AvgIpc) is 2.90. The van der Waals surface area contributed by atoms with E-state index in [9.17, 15) is 4.79 Å². The first kappa shape index (κ1) is 14.6. The number of aryl methyl sites for hydroxylation is 1. The van der Waals surface area contributed by atoms with Crippen molar-refractivity contribution < 1.29 is 14.3 Å². The minimum absolute atomic E-state index is 0.176. The van der Waals surface area contributed by atoms with E-state index < -0.39 is 0 Å². The van der Waals surface area contributed by atoms with Crippen LogP contribution in [0.1, 0.15) is 27.3 Å². The minimum atomic E-state index is -0.176. The zero-order valence-electron chi connectivity index (χ0n) is 12.8. The van der Waals surface area contributed by atoms with Gasteiger partial charge in [-0.1, -0.05) is 12.1 Å². The van der Waals surface area contributed by atoms with Gasteiger partial charge < -0.3 is 14.8 Å². The van der Waals surface area contributed by atoms with Gasteiger partial charge in [-0.15, -0.1) is 0 Å². The van der Waals surface area contributed by atoms with Crippen LogP contribution in [-0.4, -0.2) is 29.4 Å². The molecule has 1 aliphatic heterocycles. The van der Waals surface area contributed by atoms with Crippen LogP contribution in [0.3, 0.4) is 0 Å². The van der Waals surface area contributed by atoms with E-state index in [2.05, 4.69) is 10.4 Å². The van der Waals surface area contributed by atoms with Gasteiger partial charge in [0.1, 0.15) is 5.75 Å². The molecule has 2 aromatic rings. The quantitative estimate of drug-likeness (QED) is 0.928. The number of methoxy groups -OCH3 is 1. The van der Waals surface area contributed by atoms with Crippen LogP contribution in [0.25, 0.3) is 0 Å². The summed E-state index contributed by atoms with van der Waals surface area (Å²) in [7, 11) is 3.49. The van der Waals surface area contributed by atoms with Gasteiger partial charge in [-0.2, -0.15) is 5.10 Å². The number of nitrogens with zero attached hydrogens (tertiary/aromatic N) is 2. The Hall–Kier alpha value is -2.34. The third-order valence-corrected chi connectivity index (χ3v) is 3.81. The van der Waals surface area contributed by atoms with Crippen LogP contribution in [0.15, 0.2) is 24.3 Å². The van der Waals surface area contributed by atoms with Gasteiger partial charge in [0.05, 0.1) is 20.3 Å². The zero-order chi connectivity index (χ0) is 15.5. The lowest BCUT2D eigenvalue weighted by molar-refractivity contribution is 0.0922. The summed E-state index contributed by atoms with van der Waals surface area (Å²) in [5.74, 6) is 0.598. The predicted molar refractivity (Wildman–Crippen MR) is 80.7 cm³/mol. The second-order valence-corrected chi connectivity index (χ2v) is 5.23. The highest BCUT2D eigenvalue weighted by Crippen LogP contribution is 2.20. The molecule has 1 N–H and O–H groups in total. The molecule has 1 amide bonds. The Kier molecular flexibility index (Phi) is 4.11. The third-order valence-electron chi connectivity index (χ3n) is 3.81. The average molecular weight is 301 g/mol. The first-order valence-electron chi connectivity index (χ1n) is 7.22.